The average Bonchev–Trinajstić information content (AvgIpc) is 2.91. The van der Waals surface area contributed by atoms with Gasteiger partial charge in [-0.1, -0.05) is 37.3 Å². The molecular formula is C15H22N2O3. The molecule has 1 amide bonds. The molecule has 1 heterocycles. The largest absolute Gasteiger partial charge is 0.386 e. The molecule has 1 aromatic rings. The van der Waals surface area contributed by atoms with Gasteiger partial charge in [0.2, 0.25) is 5.91 Å². The van der Waals surface area contributed by atoms with Gasteiger partial charge < -0.3 is 20.9 Å². The van der Waals surface area contributed by atoms with Crippen molar-refractivity contribution in [3.63, 3.8) is 0 Å². The molecule has 3 atom stereocenters. The Morgan fingerprint density at radius 1 is 1.50 bits per heavy atom. The first-order valence-electron chi connectivity index (χ1n) is 6.90. The Balaban J connectivity index is 1.88. The van der Waals surface area contributed by atoms with Crippen LogP contribution in [0.2, 0.25) is 0 Å². The van der Waals surface area contributed by atoms with Crippen molar-refractivity contribution in [1.82, 2.24) is 5.32 Å². The van der Waals surface area contributed by atoms with Gasteiger partial charge in [-0.25, -0.2) is 0 Å². The Morgan fingerprint density at radius 2 is 2.20 bits per heavy atom. The lowest BCUT2D eigenvalue weighted by Gasteiger charge is -2.24. The molecule has 0 spiro atoms. The van der Waals surface area contributed by atoms with Crippen LogP contribution < -0.4 is 11.1 Å². The van der Waals surface area contributed by atoms with Gasteiger partial charge in [0, 0.05) is 25.6 Å². The van der Waals surface area contributed by atoms with Crippen LogP contribution in [-0.2, 0) is 9.53 Å². The van der Waals surface area contributed by atoms with E-state index in [1.807, 2.05) is 30.3 Å². The van der Waals surface area contributed by atoms with E-state index in [-0.39, 0.29) is 31.0 Å². The maximum absolute atomic E-state index is 12.1. The van der Waals surface area contributed by atoms with E-state index >= 15 is 0 Å². The van der Waals surface area contributed by atoms with Crippen LogP contribution in [0, 0.1) is 5.92 Å². The molecule has 4 N–H and O–H groups in total. The van der Waals surface area contributed by atoms with E-state index in [2.05, 4.69) is 5.32 Å². The molecule has 1 aliphatic rings. The molecule has 5 nitrogen and oxygen atoms in total. The zero-order valence-electron chi connectivity index (χ0n) is 11.7. The van der Waals surface area contributed by atoms with Crippen LogP contribution in [0.5, 0.6) is 0 Å². The smallest absolute Gasteiger partial charge is 0.224 e. The quantitative estimate of drug-likeness (QED) is 0.736. The molecule has 0 bridgehead atoms. The highest BCUT2D eigenvalue weighted by molar-refractivity contribution is 5.79. The molecule has 3 unspecified atom stereocenters. The second kappa shape index (κ2) is 6.35. The van der Waals surface area contributed by atoms with Gasteiger partial charge in [-0.05, 0) is 5.56 Å². The third-order valence-corrected chi connectivity index (χ3v) is 3.81. The number of nitrogens with one attached hydrogen (secondary N) is 1. The summed E-state index contributed by atoms with van der Waals surface area (Å²) in [4.78, 5) is 12.1. The minimum absolute atomic E-state index is 0.151. The highest BCUT2D eigenvalue weighted by atomic mass is 16.5. The Morgan fingerprint density at radius 3 is 2.80 bits per heavy atom. The molecule has 0 aromatic heterocycles. The van der Waals surface area contributed by atoms with Crippen molar-refractivity contribution in [3.05, 3.63) is 35.9 Å². The molecule has 0 radical (unpaired) electrons. The van der Waals surface area contributed by atoms with Crippen LogP contribution in [0.1, 0.15) is 24.9 Å². The normalized spacial score (nSPS) is 25.1. The summed E-state index contributed by atoms with van der Waals surface area (Å²) in [7, 11) is 0. The molecular weight excluding hydrogens is 256 g/mol. The Kier molecular flexibility index (Phi) is 4.75. The van der Waals surface area contributed by atoms with Crippen molar-refractivity contribution in [2.24, 2.45) is 11.7 Å². The first kappa shape index (κ1) is 15.0. The summed E-state index contributed by atoms with van der Waals surface area (Å²) >= 11 is 0. The van der Waals surface area contributed by atoms with Gasteiger partial charge >= 0.3 is 0 Å². The maximum atomic E-state index is 12.1. The van der Waals surface area contributed by atoms with Crippen LogP contribution in [0.4, 0.5) is 0 Å². The lowest BCUT2D eigenvalue weighted by atomic mass is 9.94. The molecule has 1 aromatic carbocycles. The second-order valence-electron chi connectivity index (χ2n) is 5.47. The van der Waals surface area contributed by atoms with Gasteiger partial charge in [-0.15, -0.1) is 0 Å². The lowest BCUT2D eigenvalue weighted by Crippen LogP contribution is -2.46. The molecule has 1 saturated heterocycles. The molecule has 1 aliphatic heterocycles. The van der Waals surface area contributed by atoms with Crippen LogP contribution in [0.15, 0.2) is 30.3 Å². The van der Waals surface area contributed by atoms with Crippen molar-refractivity contribution in [2.45, 2.75) is 25.0 Å². The third kappa shape index (κ3) is 3.56. The second-order valence-corrected chi connectivity index (χ2v) is 5.47. The number of amides is 1. The van der Waals surface area contributed by atoms with E-state index in [0.29, 0.717) is 13.0 Å². The number of benzene rings is 1. The van der Waals surface area contributed by atoms with E-state index in [4.69, 9.17) is 10.5 Å². The number of carbonyl (C=O) groups is 1. The summed E-state index contributed by atoms with van der Waals surface area (Å²) in [5.74, 6) is -0.509. The van der Waals surface area contributed by atoms with Crippen molar-refractivity contribution in [3.8, 4) is 0 Å². The highest BCUT2D eigenvalue weighted by Crippen LogP contribution is 2.20. The number of ether oxygens (including phenoxy) is 1. The van der Waals surface area contributed by atoms with Crippen LogP contribution in [0.3, 0.4) is 0 Å². The van der Waals surface area contributed by atoms with E-state index < -0.39 is 5.60 Å². The van der Waals surface area contributed by atoms with Gasteiger partial charge in [0.05, 0.1) is 12.5 Å². The number of hydrogen-bond acceptors (Lipinski definition) is 4. The predicted molar refractivity (Wildman–Crippen MR) is 75.9 cm³/mol. The van der Waals surface area contributed by atoms with Gasteiger partial charge in [-0.3, -0.25) is 4.79 Å². The zero-order valence-corrected chi connectivity index (χ0v) is 11.7. The molecule has 1 fully saturated rings. The maximum Gasteiger partial charge on any atom is 0.224 e. The standard InChI is InChI=1S/C15H22N2O3/c1-11(13(16)12-5-3-2-4-6-12)14(18)17-9-15(19)7-8-20-10-15/h2-6,11,13,19H,7-10,16H2,1H3,(H,17,18). The van der Waals surface area contributed by atoms with E-state index in [1.54, 1.807) is 6.92 Å². The molecule has 0 saturated carbocycles. The van der Waals surface area contributed by atoms with Crippen molar-refractivity contribution < 1.29 is 14.6 Å². The van der Waals surface area contributed by atoms with Crippen LogP contribution in [0.25, 0.3) is 0 Å². The topological polar surface area (TPSA) is 84.6 Å². The number of hydrogen-bond donors (Lipinski definition) is 3. The first-order valence-corrected chi connectivity index (χ1v) is 6.90. The van der Waals surface area contributed by atoms with Gasteiger partial charge in [0.25, 0.3) is 0 Å². The first-order chi connectivity index (χ1) is 9.52. The molecule has 5 heteroatoms. The Bertz CT molecular complexity index is 444. The summed E-state index contributed by atoms with van der Waals surface area (Å²) in [6.07, 6.45) is 0.548. The fraction of sp³-hybridized carbons (Fsp3) is 0.533. The van der Waals surface area contributed by atoms with Crippen molar-refractivity contribution in [1.29, 1.82) is 0 Å². The lowest BCUT2D eigenvalue weighted by molar-refractivity contribution is -0.126. The number of aliphatic hydroxyl groups is 1. The van der Waals surface area contributed by atoms with Crippen molar-refractivity contribution >= 4 is 5.91 Å². The minimum atomic E-state index is -0.938. The average molecular weight is 278 g/mol. The van der Waals surface area contributed by atoms with Gasteiger partial charge in [0.15, 0.2) is 0 Å². The molecule has 0 aliphatic carbocycles. The third-order valence-electron chi connectivity index (χ3n) is 3.81. The Hall–Kier alpha value is -1.43. The summed E-state index contributed by atoms with van der Waals surface area (Å²) in [5, 5.41) is 12.9. The van der Waals surface area contributed by atoms with Crippen molar-refractivity contribution in [2.75, 3.05) is 19.8 Å². The highest BCUT2D eigenvalue weighted by Gasteiger charge is 2.33. The van der Waals surface area contributed by atoms with E-state index in [0.717, 1.165) is 5.56 Å². The minimum Gasteiger partial charge on any atom is -0.386 e. The Labute approximate surface area is 119 Å². The van der Waals surface area contributed by atoms with Gasteiger partial charge in [0.1, 0.15) is 5.60 Å². The van der Waals surface area contributed by atoms with E-state index in [9.17, 15) is 9.90 Å². The fourth-order valence-electron chi connectivity index (χ4n) is 2.28. The summed E-state index contributed by atoms with van der Waals surface area (Å²) < 4.78 is 5.14. The van der Waals surface area contributed by atoms with E-state index in [1.165, 1.54) is 0 Å². The van der Waals surface area contributed by atoms with Gasteiger partial charge in [-0.2, -0.15) is 0 Å². The fourth-order valence-corrected chi connectivity index (χ4v) is 2.28. The zero-order chi connectivity index (χ0) is 14.6. The van der Waals surface area contributed by atoms with Crippen LogP contribution in [-0.4, -0.2) is 36.4 Å². The SMILES string of the molecule is CC(C(=O)NCC1(O)CCOC1)C(N)c1ccccc1. The number of rotatable bonds is 5. The molecule has 20 heavy (non-hydrogen) atoms. The molecule has 2 rings (SSSR count). The monoisotopic (exact) mass is 278 g/mol. The summed E-state index contributed by atoms with van der Waals surface area (Å²) in [6.45, 7) is 2.80. The summed E-state index contributed by atoms with van der Waals surface area (Å²) in [5.41, 5.74) is 6.10. The predicted octanol–water partition coefficient (Wildman–Crippen LogP) is 0.590. The number of carbonyl (C=O) groups excluding carboxylic acids is 1. The summed E-state index contributed by atoms with van der Waals surface area (Å²) in [6, 6.07) is 9.18. The van der Waals surface area contributed by atoms with Crippen LogP contribution >= 0.6 is 0 Å². The number of nitrogens with two attached hydrogens (primary N) is 1. The molecule has 110 valence electrons.